The van der Waals surface area contributed by atoms with Gasteiger partial charge in [0.05, 0.1) is 13.2 Å². The van der Waals surface area contributed by atoms with Gasteiger partial charge in [-0.15, -0.1) is 0 Å². The summed E-state index contributed by atoms with van der Waals surface area (Å²) in [6, 6.07) is 25.1. The Morgan fingerprint density at radius 3 is 1.94 bits per heavy atom. The number of benzene rings is 3. The Morgan fingerprint density at radius 2 is 1.41 bits per heavy atom. The Morgan fingerprint density at radius 1 is 0.853 bits per heavy atom. The van der Waals surface area contributed by atoms with E-state index in [2.05, 4.69) is 43.3 Å². The molecule has 180 valence electrons. The van der Waals surface area contributed by atoms with Crippen LogP contribution >= 0.6 is 0 Å². The predicted octanol–water partition coefficient (Wildman–Crippen LogP) is 6.75. The van der Waals surface area contributed by atoms with Gasteiger partial charge in [0.2, 0.25) is 5.91 Å². The summed E-state index contributed by atoms with van der Waals surface area (Å²) in [6.07, 6.45) is 1.48. The molecule has 3 aromatic rings. The molecule has 3 rings (SSSR count). The number of hydrogen-bond donors (Lipinski definition) is 0. The van der Waals surface area contributed by atoms with Gasteiger partial charge in [-0.05, 0) is 68.1 Å². The summed E-state index contributed by atoms with van der Waals surface area (Å²) >= 11 is 0. The molecule has 0 aliphatic carbocycles. The second kappa shape index (κ2) is 12.3. The quantitative estimate of drug-likeness (QED) is 0.318. The molecule has 0 saturated carbocycles. The van der Waals surface area contributed by atoms with Crippen molar-refractivity contribution in [2.75, 3.05) is 13.7 Å². The zero-order valence-electron chi connectivity index (χ0n) is 21.1. The van der Waals surface area contributed by atoms with Crippen LogP contribution in [0.25, 0.3) is 0 Å². The largest absolute Gasteiger partial charge is 0.497 e. The average molecular weight is 460 g/mol. The van der Waals surface area contributed by atoms with Crippen LogP contribution in [-0.4, -0.2) is 30.6 Å². The van der Waals surface area contributed by atoms with Crippen LogP contribution in [0, 0.1) is 6.92 Å². The minimum Gasteiger partial charge on any atom is -0.497 e. The fraction of sp³-hybridized carbons (Fsp3) is 0.367. The van der Waals surface area contributed by atoms with Gasteiger partial charge >= 0.3 is 0 Å². The molecular formula is C30H37NO3. The van der Waals surface area contributed by atoms with E-state index < -0.39 is 0 Å². The second-order valence-electron chi connectivity index (χ2n) is 9.00. The van der Waals surface area contributed by atoms with Gasteiger partial charge in [0.1, 0.15) is 11.5 Å². The van der Waals surface area contributed by atoms with Crippen molar-refractivity contribution < 1.29 is 14.3 Å². The SMILES string of the molecule is CCC(=O)N(CCC(c1ccc(C)cc1)c1ccc(OC(C)C)cc1)Cc1ccc(OC)cc1. The summed E-state index contributed by atoms with van der Waals surface area (Å²) in [5, 5.41) is 0. The first-order chi connectivity index (χ1) is 16.4. The maximum absolute atomic E-state index is 12.8. The molecule has 0 aliphatic heterocycles. The van der Waals surface area contributed by atoms with Crippen LogP contribution in [0.3, 0.4) is 0 Å². The number of rotatable bonds is 11. The Bertz CT molecular complexity index is 1020. The van der Waals surface area contributed by atoms with Crippen molar-refractivity contribution in [3.05, 3.63) is 95.1 Å². The van der Waals surface area contributed by atoms with E-state index in [4.69, 9.17) is 9.47 Å². The molecule has 0 aliphatic rings. The highest BCUT2D eigenvalue weighted by atomic mass is 16.5. The molecule has 34 heavy (non-hydrogen) atoms. The zero-order chi connectivity index (χ0) is 24.5. The van der Waals surface area contributed by atoms with Crippen molar-refractivity contribution in [2.24, 2.45) is 0 Å². The molecule has 0 bridgehead atoms. The molecule has 0 heterocycles. The number of methoxy groups -OCH3 is 1. The van der Waals surface area contributed by atoms with Crippen molar-refractivity contribution in [1.29, 1.82) is 0 Å². The van der Waals surface area contributed by atoms with Crippen LogP contribution < -0.4 is 9.47 Å². The standard InChI is InChI=1S/C30H37NO3/c1-6-30(32)31(21-24-9-15-27(33-5)16-10-24)20-19-29(25-11-7-23(4)8-12-25)26-13-17-28(18-14-26)34-22(2)3/h7-18,22,29H,6,19-21H2,1-5H3. The molecule has 0 saturated heterocycles. The third-order valence-corrected chi connectivity index (χ3v) is 6.01. The van der Waals surface area contributed by atoms with Crippen LogP contribution in [-0.2, 0) is 11.3 Å². The van der Waals surface area contributed by atoms with E-state index in [1.54, 1.807) is 7.11 Å². The molecule has 1 unspecified atom stereocenters. The molecule has 0 radical (unpaired) electrons. The molecule has 0 N–H and O–H groups in total. The number of hydrogen-bond acceptors (Lipinski definition) is 3. The Hall–Kier alpha value is -3.27. The summed E-state index contributed by atoms with van der Waals surface area (Å²) in [7, 11) is 1.66. The van der Waals surface area contributed by atoms with Crippen LogP contribution in [0.2, 0.25) is 0 Å². The first kappa shape index (κ1) is 25.4. The molecule has 1 amide bonds. The number of ether oxygens (including phenoxy) is 2. The van der Waals surface area contributed by atoms with Crippen molar-refractivity contribution in [2.45, 2.75) is 59.1 Å². The fourth-order valence-corrected chi connectivity index (χ4v) is 4.13. The summed E-state index contributed by atoms with van der Waals surface area (Å²) < 4.78 is 11.1. The maximum Gasteiger partial charge on any atom is 0.222 e. The zero-order valence-corrected chi connectivity index (χ0v) is 21.1. The Balaban J connectivity index is 1.81. The molecule has 1 atom stereocenters. The number of nitrogens with zero attached hydrogens (tertiary/aromatic N) is 1. The van der Waals surface area contributed by atoms with Gasteiger partial charge in [0.25, 0.3) is 0 Å². The smallest absolute Gasteiger partial charge is 0.222 e. The number of amides is 1. The minimum absolute atomic E-state index is 0.144. The third-order valence-electron chi connectivity index (χ3n) is 6.01. The number of carbonyl (C=O) groups excluding carboxylic acids is 1. The second-order valence-corrected chi connectivity index (χ2v) is 9.00. The monoisotopic (exact) mass is 459 g/mol. The molecule has 0 spiro atoms. The average Bonchev–Trinajstić information content (AvgIpc) is 2.85. The van der Waals surface area contributed by atoms with E-state index in [1.165, 1.54) is 16.7 Å². The van der Waals surface area contributed by atoms with E-state index in [0.29, 0.717) is 19.5 Å². The molecule has 4 nitrogen and oxygen atoms in total. The molecule has 3 aromatic carbocycles. The molecule has 0 aromatic heterocycles. The normalized spacial score (nSPS) is 11.8. The van der Waals surface area contributed by atoms with E-state index in [9.17, 15) is 4.79 Å². The summed E-state index contributed by atoms with van der Waals surface area (Å²) in [4.78, 5) is 14.8. The van der Waals surface area contributed by atoms with Crippen LogP contribution in [0.5, 0.6) is 11.5 Å². The lowest BCUT2D eigenvalue weighted by Crippen LogP contribution is -2.31. The first-order valence-corrected chi connectivity index (χ1v) is 12.1. The van der Waals surface area contributed by atoms with E-state index in [-0.39, 0.29) is 17.9 Å². The molecule has 4 heteroatoms. The Kier molecular flexibility index (Phi) is 9.15. The van der Waals surface area contributed by atoms with Gasteiger partial charge in [-0.2, -0.15) is 0 Å². The molecule has 0 fully saturated rings. The minimum atomic E-state index is 0.144. The van der Waals surface area contributed by atoms with E-state index in [0.717, 1.165) is 23.5 Å². The van der Waals surface area contributed by atoms with Crippen molar-refractivity contribution in [3.63, 3.8) is 0 Å². The lowest BCUT2D eigenvalue weighted by atomic mass is 9.88. The maximum atomic E-state index is 12.8. The third kappa shape index (κ3) is 7.11. The number of aryl methyl sites for hydroxylation is 1. The van der Waals surface area contributed by atoms with Crippen molar-refractivity contribution in [1.82, 2.24) is 4.90 Å². The van der Waals surface area contributed by atoms with E-state index in [1.807, 2.05) is 62.1 Å². The highest BCUT2D eigenvalue weighted by Gasteiger charge is 2.19. The van der Waals surface area contributed by atoms with Gasteiger partial charge in [0, 0.05) is 25.4 Å². The number of carbonyl (C=O) groups is 1. The van der Waals surface area contributed by atoms with Crippen LogP contribution in [0.15, 0.2) is 72.8 Å². The highest BCUT2D eigenvalue weighted by Crippen LogP contribution is 2.30. The summed E-state index contributed by atoms with van der Waals surface area (Å²) in [5.74, 6) is 2.06. The van der Waals surface area contributed by atoms with Gasteiger partial charge in [0.15, 0.2) is 0 Å². The highest BCUT2D eigenvalue weighted by molar-refractivity contribution is 5.75. The van der Waals surface area contributed by atoms with Gasteiger partial charge in [-0.25, -0.2) is 0 Å². The lowest BCUT2D eigenvalue weighted by molar-refractivity contribution is -0.131. The van der Waals surface area contributed by atoms with E-state index >= 15 is 0 Å². The lowest BCUT2D eigenvalue weighted by Gasteiger charge is -2.26. The van der Waals surface area contributed by atoms with Crippen LogP contribution in [0.1, 0.15) is 61.8 Å². The van der Waals surface area contributed by atoms with Gasteiger partial charge in [-0.3, -0.25) is 4.79 Å². The summed E-state index contributed by atoms with van der Waals surface area (Å²) in [5.41, 5.74) is 4.83. The fourth-order valence-electron chi connectivity index (χ4n) is 4.13. The molecular weight excluding hydrogens is 422 g/mol. The summed E-state index contributed by atoms with van der Waals surface area (Å²) in [6.45, 7) is 9.37. The predicted molar refractivity (Wildman–Crippen MR) is 139 cm³/mol. The van der Waals surface area contributed by atoms with Gasteiger partial charge < -0.3 is 14.4 Å². The first-order valence-electron chi connectivity index (χ1n) is 12.1. The Labute approximate surface area is 204 Å². The van der Waals surface area contributed by atoms with Crippen molar-refractivity contribution in [3.8, 4) is 11.5 Å². The van der Waals surface area contributed by atoms with Crippen LogP contribution in [0.4, 0.5) is 0 Å². The van der Waals surface area contributed by atoms with Gasteiger partial charge in [-0.1, -0.05) is 61.0 Å². The van der Waals surface area contributed by atoms with Crippen molar-refractivity contribution >= 4 is 5.91 Å². The topological polar surface area (TPSA) is 38.8 Å².